The number of aliphatic carboxylic acids is 2. The molecule has 2 aromatic rings. The number of pyridine rings is 1. The molecule has 9 nitrogen and oxygen atoms in total. The molecule has 4 N–H and O–H groups in total. The van der Waals surface area contributed by atoms with Crippen LogP contribution in [-0.2, 0) is 9.59 Å². The van der Waals surface area contributed by atoms with Crippen molar-refractivity contribution in [2.75, 3.05) is 32.7 Å². The van der Waals surface area contributed by atoms with Gasteiger partial charge < -0.3 is 30.1 Å². The van der Waals surface area contributed by atoms with Crippen molar-refractivity contribution in [2.24, 2.45) is 0 Å². The summed E-state index contributed by atoms with van der Waals surface area (Å²) in [5.74, 6) is -1.14. The van der Waals surface area contributed by atoms with E-state index in [0.29, 0.717) is 23.7 Å². The SMILES string of the molecule is COc1cc2nccc(NCCCCCO)c2cc1OC.O=C(O)/C=C\C(=O)O. The number of benzene rings is 1. The minimum absolute atomic E-state index is 0.259. The number of aromatic nitrogens is 1. The number of hydrogen-bond acceptors (Lipinski definition) is 7. The van der Waals surface area contributed by atoms with Gasteiger partial charge in [0.15, 0.2) is 11.5 Å². The molecule has 0 spiro atoms. The molecule has 0 saturated carbocycles. The van der Waals surface area contributed by atoms with Crippen molar-refractivity contribution >= 4 is 28.5 Å². The maximum Gasteiger partial charge on any atom is 0.328 e. The zero-order valence-electron chi connectivity index (χ0n) is 16.4. The Kier molecular flexibility index (Phi) is 10.6. The third kappa shape index (κ3) is 8.48. The van der Waals surface area contributed by atoms with E-state index in [9.17, 15) is 9.59 Å². The predicted octanol–water partition coefficient (Wildman–Crippen LogP) is 2.54. The highest BCUT2D eigenvalue weighted by Crippen LogP contribution is 2.34. The first kappa shape index (κ1) is 23.7. The van der Waals surface area contributed by atoms with Gasteiger partial charge in [-0.3, -0.25) is 4.98 Å². The van der Waals surface area contributed by atoms with E-state index < -0.39 is 11.9 Å². The molecule has 2 rings (SSSR count). The largest absolute Gasteiger partial charge is 0.493 e. The van der Waals surface area contributed by atoms with Crippen LogP contribution in [0.2, 0.25) is 0 Å². The van der Waals surface area contributed by atoms with Gasteiger partial charge in [0, 0.05) is 48.6 Å². The number of nitrogens with zero attached hydrogens (tertiary/aromatic N) is 1. The summed E-state index contributed by atoms with van der Waals surface area (Å²) in [5, 5.41) is 28.8. The summed E-state index contributed by atoms with van der Waals surface area (Å²) in [5.41, 5.74) is 1.90. The first-order chi connectivity index (χ1) is 13.9. The molecule has 9 heteroatoms. The molecule has 0 aliphatic carbocycles. The Morgan fingerprint density at radius 2 is 1.66 bits per heavy atom. The minimum atomic E-state index is -1.26. The Labute approximate surface area is 168 Å². The molecular weight excluding hydrogens is 380 g/mol. The lowest BCUT2D eigenvalue weighted by molar-refractivity contribution is -0.134. The number of aliphatic hydroxyl groups excluding tert-OH is 1. The van der Waals surface area contributed by atoms with E-state index in [1.807, 2.05) is 18.2 Å². The highest BCUT2D eigenvalue weighted by atomic mass is 16.5. The Hall–Kier alpha value is -3.33. The van der Waals surface area contributed by atoms with Gasteiger partial charge in [-0.2, -0.15) is 0 Å². The fourth-order valence-corrected chi connectivity index (χ4v) is 2.41. The first-order valence-electron chi connectivity index (χ1n) is 8.92. The van der Waals surface area contributed by atoms with Gasteiger partial charge in [-0.25, -0.2) is 9.59 Å². The second kappa shape index (κ2) is 12.9. The van der Waals surface area contributed by atoms with Crippen LogP contribution in [0.5, 0.6) is 11.5 Å². The molecule has 0 aliphatic heterocycles. The molecule has 29 heavy (non-hydrogen) atoms. The topological polar surface area (TPSA) is 138 Å². The Balaban J connectivity index is 0.000000447. The average molecular weight is 406 g/mol. The molecule has 0 amide bonds. The summed E-state index contributed by atoms with van der Waals surface area (Å²) in [4.78, 5) is 23.5. The van der Waals surface area contributed by atoms with Crippen molar-refractivity contribution in [3.63, 3.8) is 0 Å². The van der Waals surface area contributed by atoms with Gasteiger partial charge in [0.1, 0.15) is 0 Å². The standard InChI is InChI=1S/C16H22N2O3.C4H4O4/c1-20-15-10-12-13(17-7-4-3-5-9-19)6-8-18-14(12)11-16(15)21-2;5-3(6)1-2-4(7)8/h6,8,10-11,19H,3-5,7,9H2,1-2H3,(H,17,18);1-2H,(H,5,6)(H,7,8)/b;2-1-. The predicted molar refractivity (Wildman–Crippen MR) is 109 cm³/mol. The van der Waals surface area contributed by atoms with E-state index in [0.717, 1.165) is 42.4 Å². The van der Waals surface area contributed by atoms with Gasteiger partial charge in [-0.05, 0) is 31.4 Å². The summed E-state index contributed by atoms with van der Waals surface area (Å²) in [7, 11) is 3.25. The number of hydrogen-bond donors (Lipinski definition) is 4. The van der Waals surface area contributed by atoms with Gasteiger partial charge in [0.05, 0.1) is 19.7 Å². The van der Waals surface area contributed by atoms with Crippen LogP contribution in [-0.4, -0.2) is 59.6 Å². The van der Waals surface area contributed by atoms with Crippen molar-refractivity contribution in [1.29, 1.82) is 0 Å². The Morgan fingerprint density at radius 3 is 2.21 bits per heavy atom. The minimum Gasteiger partial charge on any atom is -0.493 e. The van der Waals surface area contributed by atoms with E-state index in [4.69, 9.17) is 24.8 Å². The maximum atomic E-state index is 9.55. The molecule has 1 heterocycles. The molecule has 0 atom stereocenters. The van der Waals surface area contributed by atoms with Crippen LogP contribution in [0.3, 0.4) is 0 Å². The first-order valence-corrected chi connectivity index (χ1v) is 8.92. The fourth-order valence-electron chi connectivity index (χ4n) is 2.41. The van der Waals surface area contributed by atoms with Crippen molar-refractivity contribution in [1.82, 2.24) is 4.98 Å². The molecule has 0 saturated heterocycles. The zero-order chi connectivity index (χ0) is 21.6. The fraction of sp³-hybridized carbons (Fsp3) is 0.350. The second-order valence-corrected chi connectivity index (χ2v) is 5.80. The Morgan fingerprint density at radius 1 is 1.03 bits per heavy atom. The molecular formula is C20H26N2O7. The molecule has 0 aliphatic rings. The Bertz CT molecular complexity index is 821. The van der Waals surface area contributed by atoms with Crippen molar-refractivity contribution in [3.05, 3.63) is 36.5 Å². The summed E-state index contributed by atoms with van der Waals surface area (Å²) >= 11 is 0. The number of nitrogens with one attached hydrogen (secondary N) is 1. The number of ether oxygens (including phenoxy) is 2. The lowest BCUT2D eigenvalue weighted by Gasteiger charge is -2.12. The van der Waals surface area contributed by atoms with Crippen molar-refractivity contribution in [2.45, 2.75) is 19.3 Å². The van der Waals surface area contributed by atoms with Crippen LogP contribution in [0.25, 0.3) is 10.9 Å². The quantitative estimate of drug-likeness (QED) is 0.346. The summed E-state index contributed by atoms with van der Waals surface area (Å²) in [6.45, 7) is 1.13. The van der Waals surface area contributed by atoms with Gasteiger partial charge in [-0.15, -0.1) is 0 Å². The number of carboxylic acids is 2. The van der Waals surface area contributed by atoms with Gasteiger partial charge in [-0.1, -0.05) is 0 Å². The number of aliphatic hydroxyl groups is 1. The van der Waals surface area contributed by atoms with Crippen LogP contribution < -0.4 is 14.8 Å². The average Bonchev–Trinajstić information content (AvgIpc) is 2.71. The lowest BCUT2D eigenvalue weighted by atomic mass is 10.1. The molecule has 1 aromatic carbocycles. The number of fused-ring (bicyclic) bond motifs is 1. The van der Waals surface area contributed by atoms with Crippen LogP contribution >= 0.6 is 0 Å². The van der Waals surface area contributed by atoms with Gasteiger partial charge in [0.25, 0.3) is 0 Å². The normalized spacial score (nSPS) is 10.3. The molecule has 0 bridgehead atoms. The van der Waals surface area contributed by atoms with Crippen LogP contribution in [0.4, 0.5) is 5.69 Å². The van der Waals surface area contributed by atoms with Crippen molar-refractivity contribution < 1.29 is 34.4 Å². The number of unbranched alkanes of at least 4 members (excludes halogenated alkanes) is 2. The number of anilines is 1. The number of carboxylic acid groups (broad SMARTS) is 2. The van der Waals surface area contributed by atoms with E-state index >= 15 is 0 Å². The third-order valence-electron chi connectivity index (χ3n) is 3.77. The highest BCUT2D eigenvalue weighted by molar-refractivity contribution is 5.93. The van der Waals surface area contributed by atoms with E-state index in [-0.39, 0.29) is 6.61 Å². The molecule has 0 unspecified atom stereocenters. The summed E-state index contributed by atoms with van der Waals surface area (Å²) in [6, 6.07) is 5.78. The number of methoxy groups -OCH3 is 2. The maximum absolute atomic E-state index is 9.55. The third-order valence-corrected chi connectivity index (χ3v) is 3.77. The highest BCUT2D eigenvalue weighted by Gasteiger charge is 2.09. The lowest BCUT2D eigenvalue weighted by Crippen LogP contribution is -2.03. The van der Waals surface area contributed by atoms with E-state index in [2.05, 4.69) is 10.3 Å². The number of carbonyl (C=O) groups is 2. The molecule has 0 radical (unpaired) electrons. The van der Waals surface area contributed by atoms with E-state index in [1.54, 1.807) is 20.4 Å². The molecule has 0 fully saturated rings. The van der Waals surface area contributed by atoms with E-state index in [1.165, 1.54) is 0 Å². The van der Waals surface area contributed by atoms with Crippen LogP contribution in [0, 0.1) is 0 Å². The zero-order valence-corrected chi connectivity index (χ0v) is 16.4. The van der Waals surface area contributed by atoms with Crippen molar-refractivity contribution in [3.8, 4) is 11.5 Å². The summed E-state index contributed by atoms with van der Waals surface area (Å²) < 4.78 is 10.6. The molecule has 158 valence electrons. The van der Waals surface area contributed by atoms with Crippen LogP contribution in [0.15, 0.2) is 36.5 Å². The summed E-state index contributed by atoms with van der Waals surface area (Å²) in [6.07, 6.45) is 5.79. The van der Waals surface area contributed by atoms with Gasteiger partial charge >= 0.3 is 11.9 Å². The molecule has 1 aromatic heterocycles. The number of rotatable bonds is 10. The van der Waals surface area contributed by atoms with Crippen LogP contribution in [0.1, 0.15) is 19.3 Å². The second-order valence-electron chi connectivity index (χ2n) is 5.80. The smallest absolute Gasteiger partial charge is 0.328 e. The van der Waals surface area contributed by atoms with Gasteiger partial charge in [0.2, 0.25) is 0 Å². The monoisotopic (exact) mass is 406 g/mol.